The molecule has 0 saturated carbocycles. The molecular formula is C26H26N2O4S. The minimum Gasteiger partial charge on any atom is -0.462 e. The molecule has 0 radical (unpaired) electrons. The van der Waals surface area contributed by atoms with Crippen LogP contribution in [0.1, 0.15) is 51.7 Å². The van der Waals surface area contributed by atoms with Gasteiger partial charge in [-0.25, -0.2) is 4.79 Å². The smallest absolute Gasteiger partial charge is 0.341 e. The Morgan fingerprint density at radius 3 is 2.18 bits per heavy atom. The average molecular weight is 463 g/mol. The van der Waals surface area contributed by atoms with Gasteiger partial charge in [0.05, 0.1) is 24.6 Å². The van der Waals surface area contributed by atoms with Crippen LogP contribution in [-0.2, 0) is 27.3 Å². The number of ether oxygens (including phenoxy) is 1. The fourth-order valence-corrected chi connectivity index (χ4v) is 5.40. The molecule has 3 aromatic rings. The Morgan fingerprint density at radius 2 is 1.64 bits per heavy atom. The number of nitrogens with one attached hydrogen (secondary N) is 1. The summed E-state index contributed by atoms with van der Waals surface area (Å²) in [7, 11) is 0. The molecular weight excluding hydrogens is 436 g/mol. The zero-order chi connectivity index (χ0) is 23.4. The molecule has 0 bridgehead atoms. The minimum absolute atomic E-state index is 0.00876. The Labute approximate surface area is 197 Å². The van der Waals surface area contributed by atoms with Crippen LogP contribution in [0.3, 0.4) is 0 Å². The summed E-state index contributed by atoms with van der Waals surface area (Å²) >= 11 is 1.35. The van der Waals surface area contributed by atoms with Gasteiger partial charge in [0.1, 0.15) is 5.00 Å². The number of hydrogen-bond donors (Lipinski definition) is 1. The van der Waals surface area contributed by atoms with Crippen LogP contribution < -0.4 is 5.32 Å². The number of carbonyl (C=O) groups excluding carboxylic acids is 3. The van der Waals surface area contributed by atoms with E-state index in [-0.39, 0.29) is 18.4 Å². The fraction of sp³-hybridized carbons (Fsp3) is 0.269. The van der Waals surface area contributed by atoms with E-state index in [0.29, 0.717) is 30.1 Å². The maximum atomic E-state index is 13.6. The van der Waals surface area contributed by atoms with Crippen molar-refractivity contribution in [3.63, 3.8) is 0 Å². The van der Waals surface area contributed by atoms with Gasteiger partial charge in [0.15, 0.2) is 0 Å². The Kier molecular flexibility index (Phi) is 6.89. The summed E-state index contributed by atoms with van der Waals surface area (Å²) in [6.07, 6.45) is 0.552. The van der Waals surface area contributed by atoms with Crippen molar-refractivity contribution in [3.05, 3.63) is 87.8 Å². The number of amides is 2. The fourth-order valence-electron chi connectivity index (χ4n) is 4.15. The van der Waals surface area contributed by atoms with Crippen LogP contribution in [0.15, 0.2) is 60.7 Å². The maximum Gasteiger partial charge on any atom is 0.341 e. The highest BCUT2D eigenvalue weighted by Gasteiger charge is 2.32. The van der Waals surface area contributed by atoms with Crippen molar-refractivity contribution in [3.8, 4) is 0 Å². The highest BCUT2D eigenvalue weighted by atomic mass is 32.1. The second-order valence-corrected chi connectivity index (χ2v) is 8.97. The molecule has 1 aromatic heterocycles. The summed E-state index contributed by atoms with van der Waals surface area (Å²) in [4.78, 5) is 41.0. The summed E-state index contributed by atoms with van der Waals surface area (Å²) in [5.41, 5.74) is 3.00. The van der Waals surface area contributed by atoms with Gasteiger partial charge in [-0.05, 0) is 30.0 Å². The van der Waals surface area contributed by atoms with Crippen molar-refractivity contribution in [2.45, 2.75) is 32.7 Å². The Balaban J connectivity index is 1.71. The van der Waals surface area contributed by atoms with Crippen molar-refractivity contribution in [1.82, 2.24) is 4.90 Å². The van der Waals surface area contributed by atoms with E-state index in [0.717, 1.165) is 21.6 Å². The molecule has 170 valence electrons. The van der Waals surface area contributed by atoms with E-state index in [9.17, 15) is 14.4 Å². The topological polar surface area (TPSA) is 75.7 Å². The van der Waals surface area contributed by atoms with Gasteiger partial charge in [-0.2, -0.15) is 0 Å². The molecule has 4 rings (SSSR count). The second-order valence-electron chi connectivity index (χ2n) is 7.86. The number of carbonyl (C=O) groups is 3. The van der Waals surface area contributed by atoms with Crippen LogP contribution in [0.4, 0.5) is 5.00 Å². The lowest BCUT2D eigenvalue weighted by Crippen LogP contribution is -2.34. The van der Waals surface area contributed by atoms with Gasteiger partial charge in [0, 0.05) is 18.3 Å². The number of anilines is 1. The lowest BCUT2D eigenvalue weighted by Gasteiger charge is -2.25. The molecule has 2 aromatic carbocycles. The lowest BCUT2D eigenvalue weighted by molar-refractivity contribution is -0.129. The van der Waals surface area contributed by atoms with Gasteiger partial charge in [0.25, 0.3) is 0 Å². The minimum atomic E-state index is -0.532. The van der Waals surface area contributed by atoms with Gasteiger partial charge in [-0.15, -0.1) is 11.3 Å². The first-order chi connectivity index (χ1) is 16.0. The third-order valence-corrected chi connectivity index (χ3v) is 6.88. The zero-order valence-corrected chi connectivity index (χ0v) is 19.5. The molecule has 0 unspecified atom stereocenters. The van der Waals surface area contributed by atoms with Gasteiger partial charge in [-0.1, -0.05) is 60.7 Å². The van der Waals surface area contributed by atoms with Crippen LogP contribution in [0.5, 0.6) is 0 Å². The molecule has 0 aliphatic carbocycles. The Bertz CT molecular complexity index is 1120. The molecule has 6 nitrogen and oxygen atoms in total. The van der Waals surface area contributed by atoms with Crippen LogP contribution in [0, 0.1) is 0 Å². The van der Waals surface area contributed by atoms with E-state index >= 15 is 0 Å². The molecule has 0 atom stereocenters. The van der Waals surface area contributed by atoms with Gasteiger partial charge in [-0.3, -0.25) is 9.59 Å². The van der Waals surface area contributed by atoms with Crippen LogP contribution >= 0.6 is 11.3 Å². The molecule has 7 heteroatoms. The molecule has 2 amide bonds. The summed E-state index contributed by atoms with van der Waals surface area (Å²) in [5.74, 6) is -1.21. The molecule has 1 N–H and O–H groups in total. The third-order valence-electron chi connectivity index (χ3n) is 5.75. The monoisotopic (exact) mass is 462 g/mol. The molecule has 1 aliphatic rings. The van der Waals surface area contributed by atoms with E-state index in [2.05, 4.69) is 5.32 Å². The third kappa shape index (κ3) is 4.83. The number of benzene rings is 2. The number of rotatable bonds is 6. The molecule has 0 saturated heterocycles. The standard InChI is InChI=1S/C26H26N2O4S/c1-3-32-26(31)23-20-14-15-28(17(2)29)16-21(20)33-25(23)27-24(30)22(18-10-6-4-7-11-18)19-12-8-5-9-13-19/h4-13,22H,3,14-16H2,1-2H3,(H,27,30). The van der Waals surface area contributed by atoms with Gasteiger partial charge >= 0.3 is 5.97 Å². The number of nitrogens with zero attached hydrogens (tertiary/aromatic N) is 1. The van der Waals surface area contributed by atoms with Crippen molar-refractivity contribution < 1.29 is 19.1 Å². The predicted molar refractivity (Wildman–Crippen MR) is 128 cm³/mol. The first kappa shape index (κ1) is 22.7. The number of thiophene rings is 1. The summed E-state index contributed by atoms with van der Waals surface area (Å²) in [6, 6.07) is 19.1. The summed E-state index contributed by atoms with van der Waals surface area (Å²) in [6.45, 7) is 4.51. The van der Waals surface area contributed by atoms with Crippen molar-refractivity contribution in [2.24, 2.45) is 0 Å². The molecule has 2 heterocycles. The number of esters is 1. The maximum absolute atomic E-state index is 13.6. The quantitative estimate of drug-likeness (QED) is 0.543. The van der Waals surface area contributed by atoms with Crippen LogP contribution in [-0.4, -0.2) is 35.8 Å². The van der Waals surface area contributed by atoms with Crippen molar-refractivity contribution in [2.75, 3.05) is 18.5 Å². The van der Waals surface area contributed by atoms with Crippen molar-refractivity contribution in [1.29, 1.82) is 0 Å². The first-order valence-electron chi connectivity index (χ1n) is 11.0. The van der Waals surface area contributed by atoms with Crippen LogP contribution in [0.25, 0.3) is 0 Å². The van der Waals surface area contributed by atoms with Gasteiger partial charge < -0.3 is 15.0 Å². The molecule has 33 heavy (non-hydrogen) atoms. The highest BCUT2D eigenvalue weighted by Crippen LogP contribution is 2.39. The lowest BCUT2D eigenvalue weighted by atomic mass is 9.90. The predicted octanol–water partition coefficient (Wildman–Crippen LogP) is 4.60. The first-order valence-corrected chi connectivity index (χ1v) is 11.8. The van der Waals surface area contributed by atoms with E-state index in [4.69, 9.17) is 4.74 Å². The zero-order valence-electron chi connectivity index (χ0n) is 18.7. The molecule has 0 fully saturated rings. The highest BCUT2D eigenvalue weighted by molar-refractivity contribution is 7.17. The number of fused-ring (bicyclic) bond motifs is 1. The van der Waals surface area contributed by atoms with E-state index in [1.807, 2.05) is 60.7 Å². The normalized spacial score (nSPS) is 12.9. The SMILES string of the molecule is CCOC(=O)c1c(NC(=O)C(c2ccccc2)c2ccccc2)sc2c1CCN(C(C)=O)C2. The Morgan fingerprint density at radius 1 is 1.03 bits per heavy atom. The van der Waals surface area contributed by atoms with E-state index < -0.39 is 11.9 Å². The molecule has 1 aliphatic heterocycles. The Hall–Kier alpha value is -3.45. The second kappa shape index (κ2) is 10.0. The van der Waals surface area contributed by atoms with Gasteiger partial charge in [0.2, 0.25) is 11.8 Å². The average Bonchev–Trinajstić information content (AvgIpc) is 3.17. The molecule has 0 spiro atoms. The van der Waals surface area contributed by atoms with E-state index in [1.165, 1.54) is 18.3 Å². The summed E-state index contributed by atoms with van der Waals surface area (Å²) in [5, 5.41) is 3.50. The van der Waals surface area contributed by atoms with E-state index in [1.54, 1.807) is 11.8 Å². The largest absolute Gasteiger partial charge is 0.462 e. The summed E-state index contributed by atoms with van der Waals surface area (Å²) < 4.78 is 5.31. The van der Waals surface area contributed by atoms with Crippen molar-refractivity contribution >= 4 is 34.1 Å². The van der Waals surface area contributed by atoms with Crippen LogP contribution in [0.2, 0.25) is 0 Å². The number of hydrogen-bond acceptors (Lipinski definition) is 5.